The Morgan fingerprint density at radius 3 is 2.50 bits per heavy atom. The van der Waals surface area contributed by atoms with Crippen molar-refractivity contribution >= 4 is 5.82 Å². The van der Waals surface area contributed by atoms with Crippen LogP contribution in [0.1, 0.15) is 11.7 Å². The average Bonchev–Trinajstić information content (AvgIpc) is 2.63. The molecule has 0 spiro atoms. The van der Waals surface area contributed by atoms with E-state index in [1.165, 1.54) is 12.4 Å². The molecular formula is C18H15F2N3O. The molecule has 1 atom stereocenters. The fraction of sp³-hybridized carbons (Fsp3) is 0.111. The molecule has 3 aromatic rings. The van der Waals surface area contributed by atoms with Gasteiger partial charge < -0.3 is 10.4 Å². The molecule has 0 saturated carbocycles. The van der Waals surface area contributed by atoms with Crippen molar-refractivity contribution in [3.05, 3.63) is 78.1 Å². The molecule has 0 unspecified atom stereocenters. The van der Waals surface area contributed by atoms with Crippen molar-refractivity contribution in [1.82, 2.24) is 9.97 Å². The third-order valence-corrected chi connectivity index (χ3v) is 3.54. The predicted octanol–water partition coefficient (Wildman–Crippen LogP) is 3.57. The van der Waals surface area contributed by atoms with E-state index in [2.05, 4.69) is 15.3 Å². The molecule has 4 nitrogen and oxygen atoms in total. The number of aliphatic hydroxyl groups excluding tert-OH is 1. The van der Waals surface area contributed by atoms with Crippen LogP contribution in [0.4, 0.5) is 14.6 Å². The molecular weight excluding hydrogens is 312 g/mol. The van der Waals surface area contributed by atoms with Gasteiger partial charge in [0.1, 0.15) is 12.1 Å². The maximum atomic E-state index is 13.3. The predicted molar refractivity (Wildman–Crippen MR) is 87.3 cm³/mol. The van der Waals surface area contributed by atoms with Gasteiger partial charge in [-0.2, -0.15) is 0 Å². The summed E-state index contributed by atoms with van der Waals surface area (Å²) in [5.74, 6) is -1.35. The lowest BCUT2D eigenvalue weighted by molar-refractivity contribution is 0.191. The van der Waals surface area contributed by atoms with Crippen LogP contribution < -0.4 is 5.32 Å². The zero-order valence-corrected chi connectivity index (χ0v) is 12.7. The first-order valence-corrected chi connectivity index (χ1v) is 7.38. The van der Waals surface area contributed by atoms with E-state index in [0.717, 1.165) is 17.7 Å². The number of nitrogens with one attached hydrogen (secondary N) is 1. The Hall–Kier alpha value is -2.86. The number of hydrogen-bond acceptors (Lipinski definition) is 4. The van der Waals surface area contributed by atoms with Gasteiger partial charge in [0.2, 0.25) is 0 Å². The van der Waals surface area contributed by atoms with Crippen LogP contribution >= 0.6 is 0 Å². The van der Waals surface area contributed by atoms with Gasteiger partial charge in [-0.25, -0.2) is 18.7 Å². The maximum Gasteiger partial charge on any atom is 0.159 e. The van der Waals surface area contributed by atoms with Crippen LogP contribution in [-0.4, -0.2) is 21.6 Å². The summed E-state index contributed by atoms with van der Waals surface area (Å²) in [6.07, 6.45) is 0.640. The van der Waals surface area contributed by atoms with Crippen LogP contribution in [0.25, 0.3) is 11.3 Å². The zero-order valence-electron chi connectivity index (χ0n) is 12.7. The Labute approximate surface area is 137 Å². The largest absolute Gasteiger partial charge is 0.387 e. The summed E-state index contributed by atoms with van der Waals surface area (Å²) in [7, 11) is 0. The van der Waals surface area contributed by atoms with Crippen LogP contribution in [0.5, 0.6) is 0 Å². The smallest absolute Gasteiger partial charge is 0.159 e. The molecule has 3 rings (SSSR count). The third-order valence-electron chi connectivity index (χ3n) is 3.54. The van der Waals surface area contributed by atoms with Gasteiger partial charge in [-0.3, -0.25) is 0 Å². The Bertz CT molecular complexity index is 828. The first kappa shape index (κ1) is 16.0. The number of benzene rings is 2. The second kappa shape index (κ2) is 7.14. The summed E-state index contributed by atoms with van der Waals surface area (Å²) in [6, 6.07) is 14.4. The van der Waals surface area contributed by atoms with E-state index in [-0.39, 0.29) is 6.54 Å². The van der Waals surface area contributed by atoms with Gasteiger partial charge in [0.25, 0.3) is 0 Å². The molecule has 1 aromatic heterocycles. The number of anilines is 1. The molecule has 24 heavy (non-hydrogen) atoms. The number of rotatable bonds is 5. The lowest BCUT2D eigenvalue weighted by atomic mass is 10.1. The van der Waals surface area contributed by atoms with E-state index < -0.39 is 17.7 Å². The van der Waals surface area contributed by atoms with Crippen molar-refractivity contribution in [2.24, 2.45) is 0 Å². The van der Waals surface area contributed by atoms with Crippen molar-refractivity contribution in [2.45, 2.75) is 6.10 Å². The first-order chi connectivity index (χ1) is 11.6. The molecule has 0 saturated heterocycles. The fourth-order valence-electron chi connectivity index (χ4n) is 2.26. The summed E-state index contributed by atoms with van der Waals surface area (Å²) >= 11 is 0. The molecule has 0 fully saturated rings. The van der Waals surface area contributed by atoms with Gasteiger partial charge in [0.15, 0.2) is 11.6 Å². The summed E-state index contributed by atoms with van der Waals surface area (Å²) in [5.41, 5.74) is 1.70. The van der Waals surface area contributed by atoms with Gasteiger partial charge in [-0.15, -0.1) is 0 Å². The Kier molecular flexibility index (Phi) is 4.77. The molecule has 0 bridgehead atoms. The average molecular weight is 327 g/mol. The van der Waals surface area contributed by atoms with Crippen molar-refractivity contribution in [2.75, 3.05) is 11.9 Å². The van der Waals surface area contributed by atoms with Gasteiger partial charge in [0.05, 0.1) is 11.8 Å². The highest BCUT2D eigenvalue weighted by Gasteiger charge is 2.09. The topological polar surface area (TPSA) is 58.0 Å². The lowest BCUT2D eigenvalue weighted by Crippen LogP contribution is -2.13. The van der Waals surface area contributed by atoms with E-state index in [0.29, 0.717) is 17.1 Å². The Morgan fingerprint density at radius 2 is 1.75 bits per heavy atom. The third kappa shape index (κ3) is 3.72. The molecule has 0 aliphatic heterocycles. The molecule has 2 N–H and O–H groups in total. The van der Waals surface area contributed by atoms with Gasteiger partial charge in [0, 0.05) is 18.2 Å². The summed E-state index contributed by atoms with van der Waals surface area (Å²) in [5, 5.41) is 13.1. The van der Waals surface area contributed by atoms with E-state index >= 15 is 0 Å². The second-order valence-corrected chi connectivity index (χ2v) is 5.22. The minimum atomic E-state index is -0.930. The zero-order chi connectivity index (χ0) is 16.9. The molecule has 0 aliphatic rings. The maximum absolute atomic E-state index is 13.3. The number of aliphatic hydroxyl groups is 1. The molecule has 6 heteroatoms. The highest BCUT2D eigenvalue weighted by molar-refractivity contribution is 5.62. The van der Waals surface area contributed by atoms with Gasteiger partial charge in [-0.1, -0.05) is 30.3 Å². The number of hydrogen-bond donors (Lipinski definition) is 2. The van der Waals surface area contributed by atoms with E-state index in [1.54, 1.807) is 6.07 Å². The second-order valence-electron chi connectivity index (χ2n) is 5.22. The van der Waals surface area contributed by atoms with Crippen molar-refractivity contribution in [3.63, 3.8) is 0 Å². The minimum Gasteiger partial charge on any atom is -0.387 e. The molecule has 122 valence electrons. The monoisotopic (exact) mass is 327 g/mol. The highest BCUT2D eigenvalue weighted by Crippen LogP contribution is 2.21. The number of halogens is 2. The van der Waals surface area contributed by atoms with Crippen LogP contribution in [0.2, 0.25) is 0 Å². The highest BCUT2D eigenvalue weighted by atomic mass is 19.2. The van der Waals surface area contributed by atoms with E-state index in [1.807, 2.05) is 30.3 Å². The molecule has 2 aromatic carbocycles. The fourth-order valence-corrected chi connectivity index (χ4v) is 2.26. The van der Waals surface area contributed by atoms with Crippen LogP contribution in [0, 0.1) is 11.6 Å². The standard InChI is InChI=1S/C18H15F2N3O/c19-14-7-6-13(8-15(14)20)16-9-18(23-11-22-16)21-10-17(24)12-4-2-1-3-5-12/h1-9,11,17,24H,10H2,(H,21,22,23)/t17-/m0/s1. The van der Waals surface area contributed by atoms with Crippen LogP contribution in [0.3, 0.4) is 0 Å². The summed E-state index contributed by atoms with van der Waals surface area (Å²) < 4.78 is 26.4. The summed E-state index contributed by atoms with van der Waals surface area (Å²) in [4.78, 5) is 8.13. The SMILES string of the molecule is O[C@@H](CNc1cc(-c2ccc(F)c(F)c2)ncn1)c1ccccc1. The number of nitrogens with zero attached hydrogens (tertiary/aromatic N) is 2. The van der Waals surface area contributed by atoms with E-state index in [9.17, 15) is 13.9 Å². The molecule has 0 amide bonds. The van der Waals surface area contributed by atoms with Gasteiger partial charge in [-0.05, 0) is 23.8 Å². The minimum absolute atomic E-state index is 0.262. The Balaban J connectivity index is 1.72. The normalized spacial score (nSPS) is 12.0. The first-order valence-electron chi connectivity index (χ1n) is 7.38. The summed E-state index contributed by atoms with van der Waals surface area (Å²) in [6.45, 7) is 0.262. The molecule has 1 heterocycles. The lowest BCUT2D eigenvalue weighted by Gasteiger charge is -2.13. The van der Waals surface area contributed by atoms with Crippen molar-refractivity contribution in [1.29, 1.82) is 0 Å². The number of aromatic nitrogens is 2. The van der Waals surface area contributed by atoms with Crippen molar-refractivity contribution in [3.8, 4) is 11.3 Å². The quantitative estimate of drug-likeness (QED) is 0.752. The Morgan fingerprint density at radius 1 is 0.958 bits per heavy atom. The van der Waals surface area contributed by atoms with Crippen LogP contribution in [-0.2, 0) is 0 Å². The van der Waals surface area contributed by atoms with Crippen molar-refractivity contribution < 1.29 is 13.9 Å². The van der Waals surface area contributed by atoms with Gasteiger partial charge >= 0.3 is 0 Å². The van der Waals surface area contributed by atoms with Crippen LogP contribution in [0.15, 0.2) is 60.9 Å². The molecule has 0 radical (unpaired) electrons. The van der Waals surface area contributed by atoms with E-state index in [4.69, 9.17) is 0 Å². The molecule has 0 aliphatic carbocycles.